The zero-order valence-corrected chi connectivity index (χ0v) is 15.1. The predicted octanol–water partition coefficient (Wildman–Crippen LogP) is 4.33. The summed E-state index contributed by atoms with van der Waals surface area (Å²) in [6, 6.07) is 16.9. The Morgan fingerprint density at radius 1 is 1.15 bits per heavy atom. The van der Waals surface area contributed by atoms with Crippen LogP contribution in [0.1, 0.15) is 25.0 Å². The van der Waals surface area contributed by atoms with Crippen LogP contribution in [0.5, 0.6) is 5.75 Å². The van der Waals surface area contributed by atoms with E-state index in [1.807, 2.05) is 38.1 Å². The molecule has 5 heteroatoms. The fraction of sp³-hybridized carbons (Fsp3) is 0.238. The van der Waals surface area contributed by atoms with Crippen LogP contribution in [0.4, 0.5) is 10.5 Å². The molecule has 0 saturated heterocycles. The van der Waals surface area contributed by atoms with E-state index < -0.39 is 6.03 Å². The maximum absolute atomic E-state index is 12.6. The predicted molar refractivity (Wildman–Crippen MR) is 102 cm³/mol. The smallest absolute Gasteiger partial charge is 0.323 e. The van der Waals surface area contributed by atoms with Crippen molar-refractivity contribution in [2.45, 2.75) is 20.3 Å². The van der Waals surface area contributed by atoms with Crippen LogP contribution in [0.2, 0.25) is 0 Å². The van der Waals surface area contributed by atoms with Crippen molar-refractivity contribution in [1.29, 1.82) is 5.26 Å². The number of allylic oxidation sites excluding steroid dienone is 1. The number of urea groups is 1. The summed E-state index contributed by atoms with van der Waals surface area (Å²) in [4.78, 5) is 12.6. The van der Waals surface area contributed by atoms with Crippen molar-refractivity contribution < 1.29 is 9.53 Å². The molecular formula is C21H21N3O2. The average Bonchev–Trinajstić information content (AvgIpc) is 2.61. The molecule has 0 heterocycles. The molecule has 0 aromatic heterocycles. The Bertz CT molecular complexity index is 923. The first-order valence-corrected chi connectivity index (χ1v) is 8.40. The maximum Gasteiger partial charge on any atom is 0.323 e. The number of nitrogens with zero attached hydrogens (tertiary/aromatic N) is 1. The lowest BCUT2D eigenvalue weighted by Crippen LogP contribution is -2.34. The number of carbonyl (C=O) groups is 1. The first-order valence-electron chi connectivity index (χ1n) is 8.40. The molecule has 0 spiro atoms. The number of anilines is 1. The zero-order valence-electron chi connectivity index (χ0n) is 15.1. The zero-order chi connectivity index (χ0) is 18.7. The Balaban J connectivity index is 1.91. The minimum atomic E-state index is -0.395. The number of nitriles is 1. The largest absolute Gasteiger partial charge is 0.497 e. The molecule has 2 N–H and O–H groups in total. The summed E-state index contributed by atoms with van der Waals surface area (Å²) >= 11 is 0. The average molecular weight is 347 g/mol. The SMILES string of the molecule is COc1cccc(NC(=O)NC2=C(C#N)C(C)(C)Cc3ccccc32)c1. The number of ether oxygens (including phenoxy) is 1. The van der Waals surface area contributed by atoms with E-state index in [1.165, 1.54) is 0 Å². The fourth-order valence-corrected chi connectivity index (χ4v) is 3.27. The topological polar surface area (TPSA) is 74.2 Å². The van der Waals surface area contributed by atoms with Crippen LogP contribution < -0.4 is 15.4 Å². The quantitative estimate of drug-likeness (QED) is 0.867. The Morgan fingerprint density at radius 3 is 2.65 bits per heavy atom. The van der Waals surface area contributed by atoms with E-state index in [0.29, 0.717) is 22.7 Å². The second-order valence-corrected chi connectivity index (χ2v) is 6.89. The summed E-state index contributed by atoms with van der Waals surface area (Å²) in [6.45, 7) is 4.03. The first kappa shape index (κ1) is 17.6. The standard InChI is InChI=1S/C21H21N3O2/c1-21(2)12-14-7-4-5-10-17(14)19(18(21)13-22)24-20(25)23-15-8-6-9-16(11-15)26-3/h4-11H,12H2,1-3H3,(H2,23,24,25). The monoisotopic (exact) mass is 347 g/mol. The van der Waals surface area contributed by atoms with Crippen molar-refractivity contribution in [1.82, 2.24) is 5.32 Å². The van der Waals surface area contributed by atoms with Gasteiger partial charge < -0.3 is 15.4 Å². The van der Waals surface area contributed by atoms with E-state index in [-0.39, 0.29) is 5.41 Å². The lowest BCUT2D eigenvalue weighted by atomic mass is 9.72. The van der Waals surface area contributed by atoms with Gasteiger partial charge in [0.1, 0.15) is 5.75 Å². The van der Waals surface area contributed by atoms with Gasteiger partial charge in [0.25, 0.3) is 0 Å². The highest BCUT2D eigenvalue weighted by Crippen LogP contribution is 2.41. The van der Waals surface area contributed by atoms with Crippen LogP contribution in [-0.4, -0.2) is 13.1 Å². The third-order valence-electron chi connectivity index (χ3n) is 4.52. The summed E-state index contributed by atoms with van der Waals surface area (Å²) in [5.74, 6) is 0.656. The summed E-state index contributed by atoms with van der Waals surface area (Å²) in [5.41, 5.74) is 3.43. The Hall–Kier alpha value is -3.26. The molecule has 1 aliphatic carbocycles. The highest BCUT2D eigenvalue weighted by atomic mass is 16.5. The van der Waals surface area contributed by atoms with Crippen LogP contribution in [0.3, 0.4) is 0 Å². The van der Waals surface area contributed by atoms with Crippen LogP contribution >= 0.6 is 0 Å². The highest BCUT2D eigenvalue weighted by molar-refractivity contribution is 5.97. The number of hydrogen-bond acceptors (Lipinski definition) is 3. The van der Waals surface area contributed by atoms with Gasteiger partial charge in [-0.25, -0.2) is 4.79 Å². The van der Waals surface area contributed by atoms with E-state index in [9.17, 15) is 10.1 Å². The van der Waals surface area contributed by atoms with Crippen molar-refractivity contribution in [3.05, 3.63) is 65.2 Å². The van der Waals surface area contributed by atoms with Gasteiger partial charge in [-0.05, 0) is 24.1 Å². The van der Waals surface area contributed by atoms with E-state index in [1.54, 1.807) is 31.4 Å². The molecule has 26 heavy (non-hydrogen) atoms. The maximum atomic E-state index is 12.6. The second kappa shape index (κ2) is 6.93. The van der Waals surface area contributed by atoms with Gasteiger partial charge in [0.2, 0.25) is 0 Å². The highest BCUT2D eigenvalue weighted by Gasteiger charge is 2.34. The van der Waals surface area contributed by atoms with Crippen LogP contribution in [0, 0.1) is 16.7 Å². The molecule has 0 bridgehead atoms. The third-order valence-corrected chi connectivity index (χ3v) is 4.52. The lowest BCUT2D eigenvalue weighted by Gasteiger charge is -2.33. The molecule has 0 radical (unpaired) electrons. The Morgan fingerprint density at radius 2 is 1.92 bits per heavy atom. The van der Waals surface area contributed by atoms with Crippen molar-refractivity contribution >= 4 is 17.4 Å². The minimum absolute atomic E-state index is 0.346. The number of amides is 2. The Kier molecular flexibility index (Phi) is 4.68. The number of nitrogens with one attached hydrogen (secondary N) is 2. The molecule has 0 fully saturated rings. The minimum Gasteiger partial charge on any atom is -0.497 e. The molecule has 0 aliphatic heterocycles. The van der Waals surface area contributed by atoms with Gasteiger partial charge >= 0.3 is 6.03 Å². The number of fused-ring (bicyclic) bond motifs is 1. The molecule has 2 amide bonds. The second-order valence-electron chi connectivity index (χ2n) is 6.89. The fourth-order valence-electron chi connectivity index (χ4n) is 3.27. The number of hydrogen-bond donors (Lipinski definition) is 2. The van der Waals surface area contributed by atoms with Crippen molar-refractivity contribution in [3.8, 4) is 11.8 Å². The van der Waals surface area contributed by atoms with Gasteiger partial charge in [0, 0.05) is 22.7 Å². The van der Waals surface area contributed by atoms with Crippen LogP contribution in [0.15, 0.2) is 54.1 Å². The normalized spacial score (nSPS) is 14.8. The summed E-state index contributed by atoms with van der Waals surface area (Å²) in [5, 5.41) is 15.4. The molecule has 0 atom stereocenters. The third kappa shape index (κ3) is 3.40. The van der Waals surface area contributed by atoms with Crippen LogP contribution in [0.25, 0.3) is 5.70 Å². The summed E-state index contributed by atoms with van der Waals surface area (Å²) in [6.07, 6.45) is 0.759. The molecule has 2 aromatic carbocycles. The van der Waals surface area contributed by atoms with E-state index in [4.69, 9.17) is 4.74 Å². The number of rotatable bonds is 3. The Labute approximate surface area is 153 Å². The molecule has 1 aliphatic rings. The van der Waals surface area contributed by atoms with Gasteiger partial charge in [-0.2, -0.15) is 5.26 Å². The lowest BCUT2D eigenvalue weighted by molar-refractivity contribution is 0.255. The van der Waals surface area contributed by atoms with Gasteiger partial charge in [-0.1, -0.05) is 44.2 Å². The van der Waals surface area contributed by atoms with E-state index >= 15 is 0 Å². The van der Waals surface area contributed by atoms with Crippen molar-refractivity contribution in [2.75, 3.05) is 12.4 Å². The summed E-state index contributed by atoms with van der Waals surface area (Å²) in [7, 11) is 1.57. The number of benzene rings is 2. The molecule has 2 aromatic rings. The number of carbonyl (C=O) groups excluding carboxylic acids is 1. The van der Waals surface area contributed by atoms with Gasteiger partial charge in [-0.3, -0.25) is 0 Å². The van der Waals surface area contributed by atoms with Gasteiger partial charge in [0.05, 0.1) is 24.4 Å². The van der Waals surface area contributed by atoms with Gasteiger partial charge in [-0.15, -0.1) is 0 Å². The van der Waals surface area contributed by atoms with Crippen molar-refractivity contribution in [3.63, 3.8) is 0 Å². The van der Waals surface area contributed by atoms with Crippen molar-refractivity contribution in [2.24, 2.45) is 5.41 Å². The molecule has 5 nitrogen and oxygen atoms in total. The molecule has 3 rings (SSSR count). The molecule has 132 valence electrons. The first-order chi connectivity index (χ1) is 12.4. The number of methoxy groups -OCH3 is 1. The molecule has 0 unspecified atom stereocenters. The molecular weight excluding hydrogens is 326 g/mol. The van der Waals surface area contributed by atoms with E-state index in [0.717, 1.165) is 17.5 Å². The van der Waals surface area contributed by atoms with Crippen LogP contribution in [-0.2, 0) is 6.42 Å². The molecule has 0 saturated carbocycles. The van der Waals surface area contributed by atoms with E-state index in [2.05, 4.69) is 16.7 Å². The van der Waals surface area contributed by atoms with Gasteiger partial charge in [0.15, 0.2) is 0 Å². The summed E-state index contributed by atoms with van der Waals surface area (Å²) < 4.78 is 5.17.